The highest BCUT2D eigenvalue weighted by Crippen LogP contribution is 2.22. The Bertz CT molecular complexity index is 582. The Hall–Kier alpha value is -0.960. The lowest BCUT2D eigenvalue weighted by molar-refractivity contribution is -0.683. The second kappa shape index (κ2) is 23.2. The van der Waals surface area contributed by atoms with Gasteiger partial charge in [0.1, 0.15) is 6.20 Å². The van der Waals surface area contributed by atoms with Crippen molar-refractivity contribution in [3.05, 3.63) is 12.4 Å². The molecule has 1 rings (SSSR count). The number of unbranched alkanes of at least 4 members (excludes halogenated alkanes) is 22. The van der Waals surface area contributed by atoms with E-state index >= 15 is 0 Å². The van der Waals surface area contributed by atoms with Crippen LogP contribution in [0.25, 0.3) is 0 Å². The van der Waals surface area contributed by atoms with Crippen LogP contribution in [0.3, 0.4) is 0 Å². The fourth-order valence-electron chi connectivity index (χ4n) is 5.46. The van der Waals surface area contributed by atoms with E-state index in [1.807, 2.05) is 19.4 Å². The lowest BCUT2D eigenvalue weighted by Gasteiger charge is -2.25. The molecule has 3 heteroatoms. The Morgan fingerprint density at radius 3 is 1.36 bits per heavy atom. The topological polar surface area (TPSA) is 29.4 Å². The molecule has 0 aromatic rings. The molecule has 0 spiro atoms. The number of hydrogen-bond acceptors (Lipinski definition) is 2. The van der Waals surface area contributed by atoms with E-state index in [1.165, 1.54) is 141 Å². The summed E-state index contributed by atoms with van der Waals surface area (Å²) in [5.41, 5.74) is 0. The van der Waals surface area contributed by atoms with Crippen molar-refractivity contribution in [3.8, 4) is 0 Å². The molecule has 0 N–H and O–H groups in total. The quantitative estimate of drug-likeness (QED) is 0.0852. The van der Waals surface area contributed by atoms with Gasteiger partial charge in [-0.15, -0.1) is 0 Å². The van der Waals surface area contributed by atoms with E-state index < -0.39 is 0 Å². The summed E-state index contributed by atoms with van der Waals surface area (Å²) < 4.78 is 0.329. The molecule has 3 nitrogen and oxygen atoms in total. The highest BCUT2D eigenvalue weighted by Gasteiger charge is 2.37. The van der Waals surface area contributed by atoms with Crippen molar-refractivity contribution in [2.24, 2.45) is 4.99 Å². The number of quaternary nitrogens is 1. The maximum atomic E-state index is 13.0. The SMILES string of the molecule is CCCCCCCCCCCCCCC(=O)[N+]1(C)C=CN=C1CCCCCCCCCCCCCC. The fraction of sp³-hybridized carbons (Fsp3) is 0.879. The van der Waals surface area contributed by atoms with Crippen LogP contribution in [0.1, 0.15) is 181 Å². The van der Waals surface area contributed by atoms with Crippen LogP contribution in [0.15, 0.2) is 17.4 Å². The molecule has 210 valence electrons. The zero-order valence-corrected chi connectivity index (χ0v) is 24.8. The summed E-state index contributed by atoms with van der Waals surface area (Å²) in [5.74, 6) is 1.39. The van der Waals surface area contributed by atoms with Gasteiger partial charge < -0.3 is 0 Å². The number of amides is 1. The molecular formula is C33H63N2O+. The van der Waals surface area contributed by atoms with E-state index in [-0.39, 0.29) is 0 Å². The van der Waals surface area contributed by atoms with Crippen molar-refractivity contribution in [2.75, 3.05) is 7.05 Å². The summed E-state index contributed by atoms with van der Waals surface area (Å²) in [6.07, 6.45) is 37.9. The van der Waals surface area contributed by atoms with Crippen LogP contribution in [0.2, 0.25) is 0 Å². The Labute approximate surface area is 226 Å². The number of rotatable bonds is 26. The van der Waals surface area contributed by atoms with Gasteiger partial charge in [-0.05, 0) is 12.8 Å². The highest BCUT2D eigenvalue weighted by molar-refractivity contribution is 5.90. The van der Waals surface area contributed by atoms with Crippen molar-refractivity contribution in [1.82, 2.24) is 0 Å². The van der Waals surface area contributed by atoms with E-state index in [2.05, 4.69) is 18.8 Å². The van der Waals surface area contributed by atoms with Gasteiger partial charge in [0, 0.05) is 6.42 Å². The van der Waals surface area contributed by atoms with Gasteiger partial charge in [-0.3, -0.25) is 0 Å². The normalized spacial score (nSPS) is 17.1. The van der Waals surface area contributed by atoms with Crippen LogP contribution < -0.4 is 0 Å². The van der Waals surface area contributed by atoms with E-state index in [4.69, 9.17) is 0 Å². The first kappa shape index (κ1) is 33.1. The number of carbonyl (C=O) groups is 1. The monoisotopic (exact) mass is 503 g/mol. The van der Waals surface area contributed by atoms with E-state index in [1.54, 1.807) is 0 Å². The third-order valence-electron chi connectivity index (χ3n) is 8.14. The predicted molar refractivity (Wildman–Crippen MR) is 159 cm³/mol. The van der Waals surface area contributed by atoms with Crippen LogP contribution in [0.5, 0.6) is 0 Å². The van der Waals surface area contributed by atoms with Gasteiger partial charge in [-0.25, -0.2) is 9.79 Å². The van der Waals surface area contributed by atoms with E-state index in [0.717, 1.165) is 25.1 Å². The summed E-state index contributed by atoms with van der Waals surface area (Å²) in [5, 5.41) is 0. The molecule has 0 aliphatic carbocycles. The van der Waals surface area contributed by atoms with Crippen LogP contribution in [0, 0.1) is 0 Å². The molecule has 0 saturated carbocycles. The summed E-state index contributed by atoms with van der Waals surface area (Å²) in [4.78, 5) is 17.6. The molecular weight excluding hydrogens is 440 g/mol. The summed E-state index contributed by atoms with van der Waals surface area (Å²) in [6, 6.07) is 0. The van der Waals surface area contributed by atoms with Crippen molar-refractivity contribution >= 4 is 11.7 Å². The molecule has 1 aliphatic rings. The standard InChI is InChI=1S/C33H63N2O/c1-4-6-8-10-12-14-16-18-20-22-24-26-28-32-34-30-31-35(32,3)33(36)29-27-25-23-21-19-17-15-13-11-9-7-5-2/h30-31H,4-29H2,1-3H3/q+1. The molecule has 1 aliphatic heterocycles. The third kappa shape index (κ3) is 16.0. The molecule has 1 heterocycles. The van der Waals surface area contributed by atoms with Gasteiger partial charge in [0.2, 0.25) is 5.84 Å². The second-order valence-electron chi connectivity index (χ2n) is 11.6. The number of nitrogens with zero attached hydrogens (tertiary/aromatic N) is 2. The maximum Gasteiger partial charge on any atom is 0.324 e. The highest BCUT2D eigenvalue weighted by atomic mass is 16.2. The summed E-state index contributed by atoms with van der Waals surface area (Å²) >= 11 is 0. The second-order valence-corrected chi connectivity index (χ2v) is 11.6. The lowest BCUT2D eigenvalue weighted by atomic mass is 10.0. The maximum absolute atomic E-state index is 13.0. The van der Waals surface area contributed by atoms with Crippen LogP contribution >= 0.6 is 0 Å². The molecule has 0 aromatic carbocycles. The minimum Gasteiger partial charge on any atom is -0.230 e. The van der Waals surface area contributed by atoms with E-state index in [9.17, 15) is 4.79 Å². The Morgan fingerprint density at radius 1 is 0.583 bits per heavy atom. The Morgan fingerprint density at radius 2 is 0.944 bits per heavy atom. The molecule has 36 heavy (non-hydrogen) atoms. The fourth-order valence-corrected chi connectivity index (χ4v) is 5.46. The number of hydrogen-bond donors (Lipinski definition) is 0. The lowest BCUT2D eigenvalue weighted by Crippen LogP contribution is -2.47. The molecule has 0 radical (unpaired) electrons. The van der Waals surface area contributed by atoms with Crippen LogP contribution in [-0.2, 0) is 4.79 Å². The minimum absolute atomic E-state index is 0.327. The van der Waals surface area contributed by atoms with E-state index in [0.29, 0.717) is 16.8 Å². The van der Waals surface area contributed by atoms with Crippen molar-refractivity contribution in [3.63, 3.8) is 0 Å². The Balaban J connectivity index is 2.01. The van der Waals surface area contributed by atoms with Crippen LogP contribution in [-0.4, -0.2) is 23.3 Å². The van der Waals surface area contributed by atoms with Gasteiger partial charge >= 0.3 is 5.91 Å². The number of aliphatic imine (C=N–C) groups is 1. The minimum atomic E-state index is 0.327. The Kier molecular flexibility index (Phi) is 21.3. The third-order valence-corrected chi connectivity index (χ3v) is 8.14. The largest absolute Gasteiger partial charge is 0.324 e. The first-order valence-corrected chi connectivity index (χ1v) is 16.3. The summed E-state index contributed by atoms with van der Waals surface area (Å²) in [6.45, 7) is 4.57. The zero-order chi connectivity index (χ0) is 26.2. The van der Waals surface area contributed by atoms with Gasteiger partial charge in [-0.1, -0.05) is 155 Å². The van der Waals surface area contributed by atoms with Crippen molar-refractivity contribution < 1.29 is 9.28 Å². The molecule has 0 fully saturated rings. The smallest absolute Gasteiger partial charge is 0.230 e. The first-order valence-electron chi connectivity index (χ1n) is 16.3. The van der Waals surface area contributed by atoms with Crippen LogP contribution in [0.4, 0.5) is 0 Å². The van der Waals surface area contributed by atoms with Gasteiger partial charge in [0.15, 0.2) is 0 Å². The number of amidine groups is 1. The molecule has 1 amide bonds. The number of carbonyl (C=O) groups excluding carboxylic acids is 1. The van der Waals surface area contributed by atoms with Gasteiger partial charge in [-0.2, -0.15) is 4.48 Å². The average molecular weight is 504 g/mol. The van der Waals surface area contributed by atoms with Crippen molar-refractivity contribution in [1.29, 1.82) is 0 Å². The molecule has 1 atom stereocenters. The van der Waals surface area contributed by atoms with Gasteiger partial charge in [0.25, 0.3) is 0 Å². The zero-order valence-electron chi connectivity index (χ0n) is 24.8. The molecule has 0 aromatic heterocycles. The van der Waals surface area contributed by atoms with Gasteiger partial charge in [0.05, 0.1) is 19.7 Å². The molecule has 1 unspecified atom stereocenters. The average Bonchev–Trinajstić information content (AvgIpc) is 3.26. The first-order chi connectivity index (χ1) is 17.6. The predicted octanol–water partition coefficient (Wildman–Crippen LogP) is 11.0. The molecule has 0 saturated heterocycles. The summed E-state index contributed by atoms with van der Waals surface area (Å²) in [7, 11) is 2.05. The van der Waals surface area contributed by atoms with Crippen molar-refractivity contribution in [2.45, 2.75) is 181 Å². The molecule has 0 bridgehead atoms.